The summed E-state index contributed by atoms with van der Waals surface area (Å²) in [5, 5.41) is 0. The summed E-state index contributed by atoms with van der Waals surface area (Å²) in [4.78, 5) is 11.3. The summed E-state index contributed by atoms with van der Waals surface area (Å²) < 4.78 is 5.03. The van der Waals surface area contributed by atoms with Crippen LogP contribution < -0.4 is 0 Å². The molecule has 0 atom stereocenters. The van der Waals surface area contributed by atoms with E-state index in [0.29, 0.717) is 12.2 Å². The molecule has 2 heteroatoms. The Bertz CT molecular complexity index is 684. The lowest BCUT2D eigenvalue weighted by Crippen LogP contribution is -2.05. The minimum Gasteiger partial charge on any atom is -0.462 e. The van der Waals surface area contributed by atoms with Crippen LogP contribution in [-0.4, -0.2) is 12.6 Å². The average molecular weight is 332 g/mol. The first-order valence-electron chi connectivity index (χ1n) is 8.64. The first-order chi connectivity index (χ1) is 12.3. The SMILES string of the molecule is CCCCOC(=O)c1ccccc1.c1ccc(-c2ccccc2)cc1. The molecule has 0 aliphatic rings. The van der Waals surface area contributed by atoms with Crippen molar-refractivity contribution in [1.82, 2.24) is 0 Å². The minimum atomic E-state index is -0.228. The molecule has 0 saturated heterocycles. The largest absolute Gasteiger partial charge is 0.462 e. The summed E-state index contributed by atoms with van der Waals surface area (Å²) in [6.07, 6.45) is 1.97. The van der Waals surface area contributed by atoms with Gasteiger partial charge in [-0.05, 0) is 29.7 Å². The zero-order chi connectivity index (χ0) is 17.7. The third-order valence-electron chi connectivity index (χ3n) is 3.62. The number of hydrogen-bond acceptors (Lipinski definition) is 2. The Morgan fingerprint density at radius 1 is 0.720 bits per heavy atom. The topological polar surface area (TPSA) is 26.3 Å². The van der Waals surface area contributed by atoms with Crippen molar-refractivity contribution in [1.29, 1.82) is 0 Å². The molecule has 0 unspecified atom stereocenters. The van der Waals surface area contributed by atoms with E-state index in [1.165, 1.54) is 11.1 Å². The van der Waals surface area contributed by atoms with Gasteiger partial charge in [0.1, 0.15) is 0 Å². The summed E-state index contributed by atoms with van der Waals surface area (Å²) in [5.41, 5.74) is 3.18. The van der Waals surface area contributed by atoms with Crippen molar-refractivity contribution < 1.29 is 9.53 Å². The highest BCUT2D eigenvalue weighted by Crippen LogP contribution is 2.17. The Balaban J connectivity index is 0.000000181. The predicted molar refractivity (Wildman–Crippen MR) is 104 cm³/mol. The number of unbranched alkanes of at least 4 members (excludes halogenated alkanes) is 1. The smallest absolute Gasteiger partial charge is 0.338 e. The molecular formula is C23H24O2. The second-order valence-electron chi connectivity index (χ2n) is 5.59. The second kappa shape index (κ2) is 10.8. The van der Waals surface area contributed by atoms with Gasteiger partial charge in [0, 0.05) is 0 Å². The van der Waals surface area contributed by atoms with Crippen LogP contribution in [0.15, 0.2) is 91.0 Å². The summed E-state index contributed by atoms with van der Waals surface area (Å²) in [6.45, 7) is 2.58. The van der Waals surface area contributed by atoms with E-state index in [9.17, 15) is 4.79 Å². The molecule has 25 heavy (non-hydrogen) atoms. The van der Waals surface area contributed by atoms with Crippen molar-refractivity contribution in [2.24, 2.45) is 0 Å². The van der Waals surface area contributed by atoms with E-state index in [4.69, 9.17) is 4.74 Å². The zero-order valence-corrected chi connectivity index (χ0v) is 14.6. The van der Waals surface area contributed by atoms with Gasteiger partial charge in [-0.2, -0.15) is 0 Å². The minimum absolute atomic E-state index is 0.228. The maximum atomic E-state index is 11.3. The molecule has 0 aliphatic carbocycles. The van der Waals surface area contributed by atoms with Gasteiger partial charge in [0.05, 0.1) is 12.2 Å². The van der Waals surface area contributed by atoms with Gasteiger partial charge in [0.15, 0.2) is 0 Å². The van der Waals surface area contributed by atoms with E-state index < -0.39 is 0 Å². The van der Waals surface area contributed by atoms with E-state index in [2.05, 4.69) is 55.5 Å². The predicted octanol–water partition coefficient (Wildman–Crippen LogP) is 6.00. The average Bonchev–Trinajstić information content (AvgIpc) is 2.71. The van der Waals surface area contributed by atoms with Crippen LogP contribution in [0.3, 0.4) is 0 Å². The Morgan fingerprint density at radius 3 is 1.60 bits per heavy atom. The van der Waals surface area contributed by atoms with Gasteiger partial charge >= 0.3 is 5.97 Å². The molecule has 3 aromatic rings. The van der Waals surface area contributed by atoms with Gasteiger partial charge in [0.2, 0.25) is 0 Å². The van der Waals surface area contributed by atoms with Gasteiger partial charge in [-0.25, -0.2) is 4.79 Å². The molecule has 128 valence electrons. The van der Waals surface area contributed by atoms with Crippen LogP contribution in [0.2, 0.25) is 0 Å². The molecule has 0 heterocycles. The van der Waals surface area contributed by atoms with Crippen molar-refractivity contribution in [3.63, 3.8) is 0 Å². The lowest BCUT2D eigenvalue weighted by Gasteiger charge is -2.02. The summed E-state index contributed by atoms with van der Waals surface area (Å²) in [5.74, 6) is -0.228. The molecule has 0 radical (unpaired) electrons. The molecule has 2 nitrogen and oxygen atoms in total. The van der Waals surface area contributed by atoms with Crippen molar-refractivity contribution >= 4 is 5.97 Å². The van der Waals surface area contributed by atoms with Crippen LogP contribution in [-0.2, 0) is 4.74 Å². The summed E-state index contributed by atoms with van der Waals surface area (Å²) >= 11 is 0. The van der Waals surface area contributed by atoms with E-state index in [1.54, 1.807) is 12.1 Å². The fourth-order valence-electron chi connectivity index (χ4n) is 2.23. The van der Waals surface area contributed by atoms with Gasteiger partial charge in [-0.1, -0.05) is 92.2 Å². The first-order valence-corrected chi connectivity index (χ1v) is 8.64. The van der Waals surface area contributed by atoms with Crippen molar-refractivity contribution in [2.75, 3.05) is 6.61 Å². The van der Waals surface area contributed by atoms with Gasteiger partial charge in [-0.3, -0.25) is 0 Å². The molecule has 0 spiro atoms. The molecule has 3 aromatic carbocycles. The highest BCUT2D eigenvalue weighted by Gasteiger charge is 2.04. The molecule has 3 rings (SSSR count). The van der Waals surface area contributed by atoms with Crippen molar-refractivity contribution in [3.8, 4) is 11.1 Å². The molecule has 0 aliphatic heterocycles. The zero-order valence-electron chi connectivity index (χ0n) is 14.6. The van der Waals surface area contributed by atoms with Gasteiger partial charge < -0.3 is 4.74 Å². The molecule has 0 bridgehead atoms. The van der Waals surface area contributed by atoms with Crippen LogP contribution in [0.25, 0.3) is 11.1 Å². The Kier molecular flexibility index (Phi) is 7.99. The standard InChI is InChI=1S/C12H10.C11H14O2/c1-3-7-11(8-4-1)12-9-5-2-6-10-12;1-2-3-9-13-11(12)10-7-5-4-6-8-10/h1-10H;4-8H,2-3,9H2,1H3. The highest BCUT2D eigenvalue weighted by molar-refractivity contribution is 5.89. The van der Waals surface area contributed by atoms with Crippen LogP contribution in [0, 0.1) is 0 Å². The Hall–Kier alpha value is -2.87. The number of benzene rings is 3. The van der Waals surface area contributed by atoms with Crippen LogP contribution in [0.1, 0.15) is 30.1 Å². The monoisotopic (exact) mass is 332 g/mol. The Morgan fingerprint density at radius 2 is 1.16 bits per heavy atom. The van der Waals surface area contributed by atoms with Gasteiger partial charge in [-0.15, -0.1) is 0 Å². The fourth-order valence-corrected chi connectivity index (χ4v) is 2.23. The van der Waals surface area contributed by atoms with Crippen molar-refractivity contribution in [2.45, 2.75) is 19.8 Å². The van der Waals surface area contributed by atoms with E-state index in [0.717, 1.165) is 12.8 Å². The number of rotatable bonds is 5. The molecule has 0 amide bonds. The first kappa shape index (κ1) is 18.5. The van der Waals surface area contributed by atoms with E-state index >= 15 is 0 Å². The molecule has 0 saturated carbocycles. The van der Waals surface area contributed by atoms with E-state index in [-0.39, 0.29) is 5.97 Å². The van der Waals surface area contributed by atoms with E-state index in [1.807, 2.05) is 30.3 Å². The maximum absolute atomic E-state index is 11.3. The number of esters is 1. The summed E-state index contributed by atoms with van der Waals surface area (Å²) in [7, 11) is 0. The fraction of sp³-hybridized carbons (Fsp3) is 0.174. The quantitative estimate of drug-likeness (QED) is 0.423. The third kappa shape index (κ3) is 6.64. The summed E-state index contributed by atoms with van der Waals surface area (Å²) in [6, 6.07) is 29.8. The molecular weight excluding hydrogens is 308 g/mol. The second-order valence-corrected chi connectivity index (χ2v) is 5.59. The van der Waals surface area contributed by atoms with Crippen LogP contribution in [0.5, 0.6) is 0 Å². The number of carbonyl (C=O) groups excluding carboxylic acids is 1. The van der Waals surface area contributed by atoms with Crippen LogP contribution in [0.4, 0.5) is 0 Å². The number of hydrogen-bond donors (Lipinski definition) is 0. The van der Waals surface area contributed by atoms with Crippen LogP contribution >= 0.6 is 0 Å². The Labute approximate surface area is 150 Å². The lowest BCUT2D eigenvalue weighted by atomic mass is 10.1. The van der Waals surface area contributed by atoms with Crippen molar-refractivity contribution in [3.05, 3.63) is 96.6 Å². The lowest BCUT2D eigenvalue weighted by molar-refractivity contribution is 0.0500. The molecule has 0 aromatic heterocycles. The molecule has 0 fully saturated rings. The normalized spacial score (nSPS) is 9.64. The third-order valence-corrected chi connectivity index (χ3v) is 3.62. The number of carbonyl (C=O) groups is 1. The highest BCUT2D eigenvalue weighted by atomic mass is 16.5. The molecule has 0 N–H and O–H groups in total. The maximum Gasteiger partial charge on any atom is 0.338 e. The van der Waals surface area contributed by atoms with Gasteiger partial charge in [0.25, 0.3) is 0 Å². The number of ether oxygens (including phenoxy) is 1.